The second-order valence-electron chi connectivity index (χ2n) is 4.09. The summed E-state index contributed by atoms with van der Waals surface area (Å²) >= 11 is 3.49. The van der Waals surface area contributed by atoms with Crippen LogP contribution in [0.2, 0.25) is 0 Å². The van der Waals surface area contributed by atoms with Crippen molar-refractivity contribution >= 4 is 27.7 Å². The van der Waals surface area contributed by atoms with E-state index in [1.165, 1.54) is 25.7 Å². The smallest absolute Gasteiger partial charge is 0.222 e. The van der Waals surface area contributed by atoms with Crippen molar-refractivity contribution < 1.29 is 0 Å². The number of halogens is 1. The van der Waals surface area contributed by atoms with E-state index < -0.39 is 0 Å². The van der Waals surface area contributed by atoms with Gasteiger partial charge >= 0.3 is 0 Å². The molecule has 0 aliphatic heterocycles. The Morgan fingerprint density at radius 2 is 1.82 bits per heavy atom. The van der Waals surface area contributed by atoms with Gasteiger partial charge in [-0.3, -0.25) is 0 Å². The molecule has 1 aromatic heterocycles. The number of rotatable bonds is 7. The molecule has 0 amide bonds. The van der Waals surface area contributed by atoms with Gasteiger partial charge in [-0.15, -0.1) is 0 Å². The van der Waals surface area contributed by atoms with Crippen molar-refractivity contribution in [2.45, 2.75) is 39.5 Å². The highest BCUT2D eigenvalue weighted by Gasteiger charge is 2.11. The fourth-order valence-electron chi connectivity index (χ4n) is 1.61. The molecule has 0 saturated carbocycles. The van der Waals surface area contributed by atoms with Crippen molar-refractivity contribution in [3.8, 4) is 0 Å². The second-order valence-corrected chi connectivity index (χ2v) is 4.95. The van der Waals surface area contributed by atoms with Gasteiger partial charge in [-0.1, -0.05) is 26.7 Å². The van der Waals surface area contributed by atoms with Crippen LogP contribution in [0.15, 0.2) is 10.7 Å². The minimum absolute atomic E-state index is 0.334. The minimum atomic E-state index is 0.334. The van der Waals surface area contributed by atoms with Crippen LogP contribution in [0.4, 0.5) is 11.8 Å². The Balaban J connectivity index is 2.82. The van der Waals surface area contributed by atoms with Crippen molar-refractivity contribution in [2.75, 3.05) is 23.7 Å². The molecule has 0 aliphatic carbocycles. The first-order valence-electron chi connectivity index (χ1n) is 6.22. The maximum atomic E-state index is 5.65. The van der Waals surface area contributed by atoms with E-state index in [9.17, 15) is 0 Å². The molecule has 1 heterocycles. The van der Waals surface area contributed by atoms with Crippen molar-refractivity contribution in [1.82, 2.24) is 9.97 Å². The zero-order chi connectivity index (χ0) is 12.7. The number of nitrogen functional groups attached to an aromatic ring is 1. The summed E-state index contributed by atoms with van der Waals surface area (Å²) in [4.78, 5) is 10.6. The average molecular weight is 301 g/mol. The lowest BCUT2D eigenvalue weighted by Gasteiger charge is -2.24. The summed E-state index contributed by atoms with van der Waals surface area (Å²) < 4.78 is 0.916. The molecular weight excluding hydrogens is 280 g/mol. The van der Waals surface area contributed by atoms with E-state index in [-0.39, 0.29) is 0 Å². The second kappa shape index (κ2) is 7.48. The van der Waals surface area contributed by atoms with E-state index in [1.807, 2.05) is 0 Å². The monoisotopic (exact) mass is 300 g/mol. The third kappa shape index (κ3) is 4.50. The summed E-state index contributed by atoms with van der Waals surface area (Å²) in [6.07, 6.45) is 6.42. The number of aromatic nitrogens is 2. The predicted octanol–water partition coefficient (Wildman–Crippen LogP) is 3.23. The first-order chi connectivity index (χ1) is 8.19. The van der Waals surface area contributed by atoms with E-state index >= 15 is 0 Å². The van der Waals surface area contributed by atoms with E-state index in [1.54, 1.807) is 6.20 Å². The van der Waals surface area contributed by atoms with Crippen LogP contribution < -0.4 is 10.6 Å². The molecule has 2 N–H and O–H groups in total. The lowest BCUT2D eigenvalue weighted by atomic mass is 10.2. The highest BCUT2D eigenvalue weighted by Crippen LogP contribution is 2.24. The summed E-state index contributed by atoms with van der Waals surface area (Å²) in [5.74, 6) is 1.25. The predicted molar refractivity (Wildman–Crippen MR) is 76.2 cm³/mol. The van der Waals surface area contributed by atoms with Crippen molar-refractivity contribution in [2.24, 2.45) is 0 Å². The van der Waals surface area contributed by atoms with Gasteiger partial charge in [0, 0.05) is 19.3 Å². The standard InChI is InChI=1S/C12H21BrN4/c1-3-5-7-17(8-6-4-2)11-10(13)9-15-12(14)16-11/h9H,3-8H2,1-2H3,(H2,14,15,16). The molecule has 17 heavy (non-hydrogen) atoms. The molecule has 0 spiro atoms. The lowest BCUT2D eigenvalue weighted by Crippen LogP contribution is -2.27. The molecule has 4 nitrogen and oxygen atoms in total. The van der Waals surface area contributed by atoms with E-state index in [4.69, 9.17) is 5.73 Å². The van der Waals surface area contributed by atoms with Crippen LogP contribution in [0, 0.1) is 0 Å². The van der Waals surface area contributed by atoms with Gasteiger partial charge in [0.1, 0.15) is 5.82 Å². The maximum Gasteiger partial charge on any atom is 0.222 e. The Kier molecular flexibility index (Phi) is 6.26. The Morgan fingerprint density at radius 1 is 1.24 bits per heavy atom. The lowest BCUT2D eigenvalue weighted by molar-refractivity contribution is 0.669. The van der Waals surface area contributed by atoms with Gasteiger partial charge in [-0.05, 0) is 28.8 Å². The number of nitrogens with two attached hydrogens (primary N) is 1. The molecule has 5 heteroatoms. The molecule has 0 atom stereocenters. The summed E-state index contributed by atoms with van der Waals surface area (Å²) in [5, 5.41) is 0. The first-order valence-corrected chi connectivity index (χ1v) is 7.01. The fourth-order valence-corrected chi connectivity index (χ4v) is 2.06. The summed E-state index contributed by atoms with van der Waals surface area (Å²) in [6.45, 7) is 6.43. The van der Waals surface area contributed by atoms with Crippen molar-refractivity contribution in [3.05, 3.63) is 10.7 Å². The summed E-state index contributed by atoms with van der Waals surface area (Å²) in [7, 11) is 0. The fraction of sp³-hybridized carbons (Fsp3) is 0.667. The Hall–Kier alpha value is -0.840. The zero-order valence-electron chi connectivity index (χ0n) is 10.6. The molecule has 1 aromatic rings. The SMILES string of the molecule is CCCCN(CCCC)c1nc(N)ncc1Br. The molecule has 0 saturated heterocycles. The maximum absolute atomic E-state index is 5.65. The van der Waals surface area contributed by atoms with Gasteiger partial charge in [0.2, 0.25) is 5.95 Å². The summed E-state index contributed by atoms with van der Waals surface area (Å²) in [5.41, 5.74) is 5.65. The molecule has 0 fully saturated rings. The molecular formula is C12H21BrN4. The normalized spacial score (nSPS) is 10.5. The minimum Gasteiger partial charge on any atom is -0.368 e. The highest BCUT2D eigenvalue weighted by molar-refractivity contribution is 9.10. The third-order valence-electron chi connectivity index (χ3n) is 2.61. The van der Waals surface area contributed by atoms with Gasteiger partial charge in [0.05, 0.1) is 4.47 Å². The van der Waals surface area contributed by atoms with Crippen LogP contribution in [0.1, 0.15) is 39.5 Å². The Labute approximate surface area is 112 Å². The molecule has 0 unspecified atom stereocenters. The van der Waals surface area contributed by atoms with E-state index in [0.29, 0.717) is 5.95 Å². The quantitative estimate of drug-likeness (QED) is 0.840. The van der Waals surface area contributed by atoms with Crippen LogP contribution in [-0.4, -0.2) is 23.1 Å². The summed E-state index contributed by atoms with van der Waals surface area (Å²) in [6, 6.07) is 0. The van der Waals surface area contributed by atoms with Crippen LogP contribution >= 0.6 is 15.9 Å². The average Bonchev–Trinajstić information content (AvgIpc) is 2.33. The van der Waals surface area contributed by atoms with Gasteiger partial charge in [0.15, 0.2) is 0 Å². The molecule has 0 aliphatic rings. The van der Waals surface area contributed by atoms with Gasteiger partial charge in [-0.2, -0.15) is 4.98 Å². The van der Waals surface area contributed by atoms with Crippen molar-refractivity contribution in [3.63, 3.8) is 0 Å². The van der Waals surface area contributed by atoms with Gasteiger partial charge in [0.25, 0.3) is 0 Å². The van der Waals surface area contributed by atoms with Crippen LogP contribution in [0.25, 0.3) is 0 Å². The number of anilines is 2. The zero-order valence-corrected chi connectivity index (χ0v) is 12.2. The van der Waals surface area contributed by atoms with Crippen LogP contribution in [0.5, 0.6) is 0 Å². The molecule has 0 aromatic carbocycles. The van der Waals surface area contributed by atoms with Crippen LogP contribution in [-0.2, 0) is 0 Å². The highest BCUT2D eigenvalue weighted by atomic mass is 79.9. The van der Waals surface area contributed by atoms with Gasteiger partial charge < -0.3 is 10.6 Å². The van der Waals surface area contributed by atoms with Crippen molar-refractivity contribution in [1.29, 1.82) is 0 Å². The number of unbranched alkanes of at least 4 members (excludes halogenated alkanes) is 2. The van der Waals surface area contributed by atoms with E-state index in [0.717, 1.165) is 23.4 Å². The number of nitrogens with zero attached hydrogens (tertiary/aromatic N) is 3. The van der Waals surface area contributed by atoms with E-state index in [2.05, 4.69) is 44.6 Å². The third-order valence-corrected chi connectivity index (χ3v) is 3.17. The molecule has 1 rings (SSSR count). The Bertz CT molecular complexity index is 335. The number of hydrogen-bond donors (Lipinski definition) is 1. The molecule has 0 bridgehead atoms. The topological polar surface area (TPSA) is 55.0 Å². The molecule has 96 valence electrons. The number of hydrogen-bond acceptors (Lipinski definition) is 4. The largest absolute Gasteiger partial charge is 0.368 e. The Morgan fingerprint density at radius 3 is 2.35 bits per heavy atom. The molecule has 0 radical (unpaired) electrons. The van der Waals surface area contributed by atoms with Crippen LogP contribution in [0.3, 0.4) is 0 Å². The first kappa shape index (κ1) is 14.2. The van der Waals surface area contributed by atoms with Gasteiger partial charge in [-0.25, -0.2) is 4.98 Å².